The van der Waals surface area contributed by atoms with Gasteiger partial charge in [-0.1, -0.05) is 0 Å². The molecule has 96 valence electrons. The Morgan fingerprint density at radius 2 is 2.00 bits per heavy atom. The number of sulfonamides is 1. The van der Waals surface area contributed by atoms with Crippen molar-refractivity contribution in [2.24, 2.45) is 0 Å². The molecule has 0 atom stereocenters. The van der Waals surface area contributed by atoms with Gasteiger partial charge in [0.05, 0.1) is 4.90 Å². The van der Waals surface area contributed by atoms with E-state index in [2.05, 4.69) is 9.71 Å². The van der Waals surface area contributed by atoms with Crippen molar-refractivity contribution in [3.05, 3.63) is 28.7 Å². The van der Waals surface area contributed by atoms with E-state index in [4.69, 9.17) is 5.11 Å². The van der Waals surface area contributed by atoms with E-state index in [1.54, 1.807) is 0 Å². The number of H-pyrrole nitrogens is 1. The number of pyridine rings is 1. The average Bonchev–Trinajstić information content (AvgIpc) is 2.29. The number of hydrogen-bond donors (Lipinski definition) is 3. The Bertz CT molecular complexity index is 475. The number of nitrogens with one attached hydrogen (secondary N) is 2. The first-order chi connectivity index (χ1) is 8.06. The molecule has 0 spiro atoms. The van der Waals surface area contributed by atoms with Gasteiger partial charge in [-0.2, -0.15) is 0 Å². The molecule has 6 nitrogen and oxygen atoms in total. The molecule has 0 radical (unpaired) electrons. The molecular formula is C10H16N2O4S. The maximum atomic E-state index is 11.7. The number of aliphatic hydroxyl groups is 1. The van der Waals surface area contributed by atoms with Crippen LogP contribution in [0.25, 0.3) is 0 Å². The molecule has 0 aliphatic carbocycles. The van der Waals surface area contributed by atoms with Gasteiger partial charge in [0.15, 0.2) is 0 Å². The van der Waals surface area contributed by atoms with E-state index in [9.17, 15) is 13.2 Å². The standard InChI is InChI=1S/C10H16N2O4S/c13-7-3-1-2-6-12-17(15,16)9-4-5-10(14)11-8-9/h4-5,8,12-13H,1-3,6-7H2,(H,11,14). The molecule has 0 aliphatic rings. The van der Waals surface area contributed by atoms with Gasteiger partial charge in [0, 0.05) is 25.4 Å². The lowest BCUT2D eigenvalue weighted by Crippen LogP contribution is -2.25. The van der Waals surface area contributed by atoms with Gasteiger partial charge in [-0.25, -0.2) is 13.1 Å². The number of rotatable bonds is 7. The van der Waals surface area contributed by atoms with Gasteiger partial charge in [0.25, 0.3) is 0 Å². The zero-order chi connectivity index (χ0) is 12.7. The van der Waals surface area contributed by atoms with E-state index in [0.29, 0.717) is 19.4 Å². The second kappa shape index (κ2) is 6.53. The van der Waals surface area contributed by atoms with Crippen molar-refractivity contribution in [3.63, 3.8) is 0 Å². The normalized spacial score (nSPS) is 11.6. The molecule has 0 fully saturated rings. The topological polar surface area (TPSA) is 99.3 Å². The lowest BCUT2D eigenvalue weighted by atomic mass is 10.2. The summed E-state index contributed by atoms with van der Waals surface area (Å²) in [5.74, 6) is 0. The maximum Gasteiger partial charge on any atom is 0.247 e. The van der Waals surface area contributed by atoms with Gasteiger partial charge >= 0.3 is 0 Å². The van der Waals surface area contributed by atoms with Crippen LogP contribution in [0.1, 0.15) is 19.3 Å². The summed E-state index contributed by atoms with van der Waals surface area (Å²) in [6, 6.07) is 2.43. The Kier molecular flexibility index (Phi) is 5.33. The molecule has 0 saturated heterocycles. The van der Waals surface area contributed by atoms with Gasteiger partial charge < -0.3 is 10.1 Å². The molecule has 0 amide bonds. The van der Waals surface area contributed by atoms with Crippen LogP contribution in [0.15, 0.2) is 28.0 Å². The number of hydrogen-bond acceptors (Lipinski definition) is 4. The van der Waals surface area contributed by atoms with Crippen LogP contribution in [0.2, 0.25) is 0 Å². The highest BCUT2D eigenvalue weighted by Gasteiger charge is 2.12. The summed E-state index contributed by atoms with van der Waals surface area (Å²) < 4.78 is 25.8. The van der Waals surface area contributed by atoms with Crippen molar-refractivity contribution >= 4 is 10.0 Å². The molecule has 3 N–H and O–H groups in total. The van der Waals surface area contributed by atoms with E-state index in [1.807, 2.05) is 0 Å². The van der Waals surface area contributed by atoms with E-state index >= 15 is 0 Å². The summed E-state index contributed by atoms with van der Waals surface area (Å²) in [4.78, 5) is 13.1. The summed E-state index contributed by atoms with van der Waals surface area (Å²) in [6.45, 7) is 0.439. The van der Waals surface area contributed by atoms with Crippen molar-refractivity contribution in [2.75, 3.05) is 13.2 Å². The first-order valence-electron chi connectivity index (χ1n) is 5.35. The third kappa shape index (κ3) is 4.68. The molecule has 1 heterocycles. The van der Waals surface area contributed by atoms with Crippen molar-refractivity contribution in [1.29, 1.82) is 0 Å². The van der Waals surface area contributed by atoms with Gasteiger partial charge in [0.2, 0.25) is 15.6 Å². The lowest BCUT2D eigenvalue weighted by Gasteiger charge is -2.05. The lowest BCUT2D eigenvalue weighted by molar-refractivity contribution is 0.283. The molecule has 1 rings (SSSR count). The molecule has 7 heteroatoms. The summed E-state index contributed by atoms with van der Waals surface area (Å²) in [7, 11) is -3.55. The smallest absolute Gasteiger partial charge is 0.247 e. The molecular weight excluding hydrogens is 244 g/mol. The van der Waals surface area contributed by atoms with Crippen molar-refractivity contribution in [2.45, 2.75) is 24.2 Å². The minimum absolute atomic E-state index is 0.0410. The predicted molar refractivity (Wildman–Crippen MR) is 63.2 cm³/mol. The summed E-state index contributed by atoms with van der Waals surface area (Å²) in [5, 5.41) is 8.56. The second-order valence-electron chi connectivity index (χ2n) is 3.57. The van der Waals surface area contributed by atoms with Gasteiger partial charge in [-0.15, -0.1) is 0 Å². The summed E-state index contributed by atoms with van der Waals surface area (Å²) in [5.41, 5.74) is -0.341. The van der Waals surface area contributed by atoms with E-state index in [-0.39, 0.29) is 17.1 Å². The first kappa shape index (κ1) is 13.9. The third-order valence-corrected chi connectivity index (χ3v) is 3.65. The number of aromatic amines is 1. The van der Waals surface area contributed by atoms with Crippen LogP contribution in [0.4, 0.5) is 0 Å². The molecule has 0 bridgehead atoms. The molecule has 0 unspecified atom stereocenters. The molecule has 1 aromatic heterocycles. The molecule has 17 heavy (non-hydrogen) atoms. The Balaban J connectivity index is 2.51. The van der Waals surface area contributed by atoms with Crippen LogP contribution in [0.3, 0.4) is 0 Å². The second-order valence-corrected chi connectivity index (χ2v) is 5.34. The highest BCUT2D eigenvalue weighted by atomic mass is 32.2. The van der Waals surface area contributed by atoms with Gasteiger partial charge in [0.1, 0.15) is 0 Å². The van der Waals surface area contributed by atoms with Crippen LogP contribution in [-0.2, 0) is 10.0 Å². The van der Waals surface area contributed by atoms with Crippen LogP contribution in [0, 0.1) is 0 Å². The summed E-state index contributed by atoms with van der Waals surface area (Å²) in [6.07, 6.45) is 3.27. The Morgan fingerprint density at radius 3 is 2.59 bits per heavy atom. The van der Waals surface area contributed by atoms with E-state index < -0.39 is 10.0 Å². The Morgan fingerprint density at radius 1 is 1.24 bits per heavy atom. The monoisotopic (exact) mass is 260 g/mol. The van der Waals surface area contributed by atoms with Gasteiger partial charge in [-0.3, -0.25) is 4.79 Å². The van der Waals surface area contributed by atoms with Crippen LogP contribution >= 0.6 is 0 Å². The fourth-order valence-corrected chi connectivity index (χ4v) is 2.31. The largest absolute Gasteiger partial charge is 0.396 e. The van der Waals surface area contributed by atoms with E-state index in [1.165, 1.54) is 18.3 Å². The number of unbranched alkanes of at least 4 members (excludes halogenated alkanes) is 2. The Labute approximate surface area is 99.7 Å². The molecule has 1 aromatic rings. The van der Waals surface area contributed by atoms with Crippen molar-refractivity contribution < 1.29 is 13.5 Å². The quantitative estimate of drug-likeness (QED) is 0.592. The highest BCUT2D eigenvalue weighted by molar-refractivity contribution is 7.89. The van der Waals surface area contributed by atoms with Crippen molar-refractivity contribution in [1.82, 2.24) is 9.71 Å². The van der Waals surface area contributed by atoms with Crippen molar-refractivity contribution in [3.8, 4) is 0 Å². The fraction of sp³-hybridized carbons (Fsp3) is 0.500. The molecule has 0 saturated carbocycles. The number of aromatic nitrogens is 1. The fourth-order valence-electron chi connectivity index (χ4n) is 1.27. The Hall–Kier alpha value is -1.18. The van der Waals surface area contributed by atoms with Crippen LogP contribution in [-0.4, -0.2) is 31.7 Å². The molecule has 0 aromatic carbocycles. The predicted octanol–water partition coefficient (Wildman–Crippen LogP) is -0.184. The maximum absolute atomic E-state index is 11.7. The minimum atomic E-state index is -3.55. The van der Waals surface area contributed by atoms with Gasteiger partial charge in [-0.05, 0) is 25.3 Å². The zero-order valence-electron chi connectivity index (χ0n) is 9.35. The average molecular weight is 260 g/mol. The highest BCUT2D eigenvalue weighted by Crippen LogP contribution is 2.04. The molecule has 0 aliphatic heterocycles. The van der Waals surface area contributed by atoms with Crippen LogP contribution in [0.5, 0.6) is 0 Å². The third-order valence-electron chi connectivity index (χ3n) is 2.19. The SMILES string of the molecule is O=c1ccc(S(=O)(=O)NCCCCCO)c[nH]1. The zero-order valence-corrected chi connectivity index (χ0v) is 10.2. The first-order valence-corrected chi connectivity index (χ1v) is 6.84. The number of aliphatic hydroxyl groups excluding tert-OH is 1. The minimum Gasteiger partial charge on any atom is -0.396 e. The van der Waals surface area contributed by atoms with Crippen LogP contribution < -0.4 is 10.3 Å². The van der Waals surface area contributed by atoms with E-state index in [0.717, 1.165) is 6.42 Å². The summed E-state index contributed by atoms with van der Waals surface area (Å²) >= 11 is 0.